The number of aromatic nitrogens is 3. The molecule has 8 rings (SSSR count). The maximum absolute atomic E-state index is 18.1. The molecule has 1 aromatic carbocycles. The molecule has 0 amide bonds. The van der Waals surface area contributed by atoms with Gasteiger partial charge in [-0.2, -0.15) is 0 Å². The zero-order valence-corrected chi connectivity index (χ0v) is 29.2. The van der Waals surface area contributed by atoms with Crippen LogP contribution in [0, 0.1) is 6.92 Å². The zero-order chi connectivity index (χ0) is 34.4. The van der Waals surface area contributed by atoms with Gasteiger partial charge in [0, 0.05) is 63.1 Å². The van der Waals surface area contributed by atoms with E-state index < -0.39 is 6.97 Å². The number of benzene rings is 1. The molecule has 0 aliphatic carbocycles. The van der Waals surface area contributed by atoms with Crippen molar-refractivity contribution >= 4 is 64.7 Å². The van der Waals surface area contributed by atoms with Crippen molar-refractivity contribution in [3.63, 3.8) is 0 Å². The molecule has 0 spiro atoms. The molecule has 0 fully saturated rings. The molecule has 7 heterocycles. The topological polar surface area (TPSA) is 43.0 Å². The van der Waals surface area contributed by atoms with Crippen LogP contribution in [-0.4, -0.2) is 38.7 Å². The van der Waals surface area contributed by atoms with Crippen LogP contribution in [0.1, 0.15) is 45.4 Å². The first-order valence-corrected chi connectivity index (χ1v) is 17.9. The highest BCUT2D eigenvalue weighted by molar-refractivity contribution is 7.13. The summed E-state index contributed by atoms with van der Waals surface area (Å²) in [6.45, 7) is -0.489. The number of nitrogens with zero attached hydrogens (tertiary/aromatic N) is 4. The average molecular weight is 697 g/mol. The highest BCUT2D eigenvalue weighted by atomic mass is 32.1. The van der Waals surface area contributed by atoms with E-state index in [1.54, 1.807) is 54.6 Å². The minimum atomic E-state index is -4.43. The fourth-order valence-electron chi connectivity index (χ4n) is 7.07. The predicted molar refractivity (Wildman–Crippen MR) is 203 cm³/mol. The number of hydrogen-bond donors (Lipinski definition) is 0. The van der Waals surface area contributed by atoms with Gasteiger partial charge in [-0.15, -0.1) is 22.7 Å². The van der Waals surface area contributed by atoms with Crippen LogP contribution in [0.15, 0.2) is 126 Å². The lowest BCUT2D eigenvalue weighted by atomic mass is 9.83. The number of thiophene rings is 2. The predicted octanol–water partition coefficient (Wildman–Crippen LogP) is 10.2. The summed E-state index contributed by atoms with van der Waals surface area (Å²) >= 11 is 3.10. The van der Waals surface area contributed by atoms with Gasteiger partial charge < -0.3 is 22.3 Å². The smallest absolute Gasteiger partial charge is 0.497 e. The van der Waals surface area contributed by atoms with Crippen LogP contribution in [0.25, 0.3) is 39.8 Å². The quantitative estimate of drug-likeness (QED) is 0.149. The van der Waals surface area contributed by atoms with Crippen molar-refractivity contribution in [3.05, 3.63) is 164 Å². The Balaban J connectivity index is 1.50. The van der Waals surface area contributed by atoms with Gasteiger partial charge >= 0.3 is 6.97 Å². The second-order valence-electron chi connectivity index (χ2n) is 12.1. The third-order valence-electron chi connectivity index (χ3n) is 9.26. The molecule has 0 bridgehead atoms. The lowest BCUT2D eigenvalue weighted by molar-refractivity contribution is -0.361. The van der Waals surface area contributed by atoms with Gasteiger partial charge in [0.15, 0.2) is 11.4 Å². The summed E-state index contributed by atoms with van der Waals surface area (Å²) in [4.78, 5) is 10.1. The van der Waals surface area contributed by atoms with E-state index in [-0.39, 0.29) is 0 Å². The minimum Gasteiger partial charge on any atom is -0.497 e. The Morgan fingerprint density at radius 3 is 1.92 bits per heavy atom. The third kappa shape index (κ3) is 5.23. The van der Waals surface area contributed by atoms with Crippen molar-refractivity contribution in [2.75, 3.05) is 7.11 Å². The van der Waals surface area contributed by atoms with Crippen molar-refractivity contribution in [2.24, 2.45) is 0 Å². The number of ether oxygens (including phenoxy) is 1. The van der Waals surface area contributed by atoms with E-state index in [4.69, 9.17) is 4.74 Å². The molecule has 0 N–H and O–H groups in total. The first kappa shape index (κ1) is 31.8. The molecule has 50 heavy (non-hydrogen) atoms. The Hall–Kier alpha value is -5.45. The number of allylic oxidation sites excluding steroid dienone is 3. The number of pyridine rings is 2. The highest BCUT2D eigenvalue weighted by Gasteiger charge is 2.58. The first-order chi connectivity index (χ1) is 24.4. The van der Waals surface area contributed by atoms with Crippen LogP contribution in [0.5, 0.6) is 5.75 Å². The SMILES string of the molecule is COc1ccc(C2=C3C(C)=C(c4cccs4)C(/C=C/c4ccncc4)=[N+]3[B-](F)(F)n3c(/C=C/c4ccncc4)c(-c4cccs4)c(C)c32)cc1. The molecule has 0 saturated carbocycles. The zero-order valence-electron chi connectivity index (χ0n) is 27.5. The highest BCUT2D eigenvalue weighted by Crippen LogP contribution is 2.51. The summed E-state index contributed by atoms with van der Waals surface area (Å²) < 4.78 is 44.3. The van der Waals surface area contributed by atoms with Gasteiger partial charge in [-0.25, -0.2) is 0 Å². The Morgan fingerprint density at radius 1 is 0.740 bits per heavy atom. The maximum atomic E-state index is 18.1. The van der Waals surface area contributed by atoms with Gasteiger partial charge in [-0.05, 0) is 108 Å². The Morgan fingerprint density at radius 2 is 1.34 bits per heavy atom. The minimum absolute atomic E-state index is 0.450. The summed E-state index contributed by atoms with van der Waals surface area (Å²) in [6.07, 6.45) is 14.2. The normalized spacial score (nSPS) is 15.5. The molecule has 5 aromatic heterocycles. The van der Waals surface area contributed by atoms with Crippen LogP contribution in [0.3, 0.4) is 0 Å². The molecule has 0 saturated heterocycles. The largest absolute Gasteiger partial charge is 0.737 e. The Bertz CT molecular complexity index is 2370. The number of fused-ring (bicyclic) bond motifs is 2. The van der Waals surface area contributed by atoms with Crippen LogP contribution in [0.2, 0.25) is 0 Å². The van der Waals surface area contributed by atoms with Crippen molar-refractivity contribution < 1.29 is 17.9 Å². The van der Waals surface area contributed by atoms with Gasteiger partial charge in [-0.1, -0.05) is 30.3 Å². The Kier molecular flexibility index (Phi) is 8.13. The standard InChI is InChI=1S/C40H31BF2N4OS2/c1-26-36(34-6-4-24-49-34)32(14-8-28-16-20-44-21-17-28)46-39(26)38(30-10-12-31(48-3)13-11-30)40-27(2)37(35-7-5-25-50-35)33(47(40)41(46,42)43)15-9-29-18-22-45-23-19-29/h4-25H,1-3H3/b14-8+,15-9+. The van der Waals surface area contributed by atoms with E-state index >= 15 is 8.63 Å². The van der Waals surface area contributed by atoms with Gasteiger partial charge in [-0.3, -0.25) is 9.97 Å². The molecule has 2 aliphatic rings. The van der Waals surface area contributed by atoms with E-state index in [9.17, 15) is 0 Å². The summed E-state index contributed by atoms with van der Waals surface area (Å²) in [5.41, 5.74) is 8.42. The fourth-order valence-corrected chi connectivity index (χ4v) is 8.75. The molecular formula is C40H31BF2N4OS2. The van der Waals surface area contributed by atoms with Crippen LogP contribution >= 0.6 is 22.7 Å². The van der Waals surface area contributed by atoms with E-state index in [0.29, 0.717) is 28.5 Å². The summed E-state index contributed by atoms with van der Waals surface area (Å²) in [7, 11) is 1.62. The van der Waals surface area contributed by atoms with Crippen LogP contribution in [-0.2, 0) is 0 Å². The van der Waals surface area contributed by atoms with Crippen LogP contribution in [0.4, 0.5) is 8.63 Å². The molecule has 0 unspecified atom stereocenters. The van der Waals surface area contributed by atoms with Gasteiger partial charge in [0.1, 0.15) is 5.75 Å². The Labute approximate surface area is 297 Å². The van der Waals surface area contributed by atoms with Crippen molar-refractivity contribution in [1.29, 1.82) is 0 Å². The summed E-state index contributed by atoms with van der Waals surface area (Å²) in [6, 6.07) is 23.1. The molecule has 2 aliphatic heterocycles. The molecular weight excluding hydrogens is 665 g/mol. The number of halogens is 2. The first-order valence-electron chi connectivity index (χ1n) is 16.2. The lowest BCUT2D eigenvalue weighted by Crippen LogP contribution is -2.51. The second-order valence-corrected chi connectivity index (χ2v) is 14.0. The van der Waals surface area contributed by atoms with Crippen molar-refractivity contribution in [3.8, 4) is 16.2 Å². The molecule has 0 radical (unpaired) electrons. The van der Waals surface area contributed by atoms with E-state index in [2.05, 4.69) is 9.97 Å². The van der Waals surface area contributed by atoms with Crippen molar-refractivity contribution in [1.82, 2.24) is 14.4 Å². The van der Waals surface area contributed by atoms with E-state index in [1.807, 2.05) is 122 Å². The number of rotatable bonds is 8. The monoisotopic (exact) mass is 696 g/mol. The second kappa shape index (κ2) is 12.8. The van der Waals surface area contributed by atoms with Gasteiger partial charge in [0.25, 0.3) is 0 Å². The average Bonchev–Trinajstić information content (AvgIpc) is 3.95. The van der Waals surface area contributed by atoms with Crippen molar-refractivity contribution in [2.45, 2.75) is 13.8 Å². The fraction of sp³-hybridized carbons (Fsp3) is 0.0750. The summed E-state index contributed by atoms with van der Waals surface area (Å²) in [5, 5.41) is 3.98. The molecule has 6 aromatic rings. The lowest BCUT2D eigenvalue weighted by Gasteiger charge is -2.34. The third-order valence-corrected chi connectivity index (χ3v) is 11.0. The molecule has 5 nitrogen and oxygen atoms in total. The molecule has 10 heteroatoms. The van der Waals surface area contributed by atoms with Gasteiger partial charge in [0.05, 0.1) is 18.3 Å². The van der Waals surface area contributed by atoms with E-state index in [0.717, 1.165) is 54.3 Å². The van der Waals surface area contributed by atoms with E-state index in [1.165, 1.54) is 8.96 Å². The van der Waals surface area contributed by atoms with Gasteiger partial charge in [0.2, 0.25) is 0 Å². The molecule has 246 valence electrons. The molecule has 0 atom stereocenters. The summed E-state index contributed by atoms with van der Waals surface area (Å²) in [5.74, 6) is 0.694. The number of hydrogen-bond acceptors (Lipinski definition) is 5. The maximum Gasteiger partial charge on any atom is 0.737 e. The number of methoxy groups -OCH3 is 1. The van der Waals surface area contributed by atoms with Crippen LogP contribution < -0.4 is 4.74 Å².